The summed E-state index contributed by atoms with van der Waals surface area (Å²) in [7, 11) is 0. The highest BCUT2D eigenvalue weighted by molar-refractivity contribution is 5.88. The molecule has 0 bridgehead atoms. The summed E-state index contributed by atoms with van der Waals surface area (Å²) in [5.74, 6) is 0. The first-order chi connectivity index (χ1) is 10.2. The summed E-state index contributed by atoms with van der Waals surface area (Å²) in [6.07, 6.45) is 2.22. The Balaban J connectivity index is 1.68. The van der Waals surface area contributed by atoms with Crippen LogP contribution in [0.5, 0.6) is 0 Å². The Bertz CT molecular complexity index is 619. The van der Waals surface area contributed by atoms with E-state index in [0.717, 1.165) is 30.5 Å². The lowest BCUT2D eigenvalue weighted by Crippen LogP contribution is -2.13. The first-order valence-corrected chi connectivity index (χ1v) is 7.35. The van der Waals surface area contributed by atoms with Crippen LogP contribution in [0.4, 0.5) is 5.69 Å². The number of aliphatic imine (C=N–C) groups is 1. The van der Waals surface area contributed by atoms with E-state index in [0.29, 0.717) is 0 Å². The number of rotatable bonds is 4. The number of hydrogen-bond donors (Lipinski definition) is 2. The Kier molecular flexibility index (Phi) is 4.02. The lowest BCUT2D eigenvalue weighted by atomic mass is 10.00. The van der Waals surface area contributed by atoms with E-state index < -0.39 is 6.10 Å². The second-order valence-electron chi connectivity index (χ2n) is 5.58. The van der Waals surface area contributed by atoms with E-state index in [-0.39, 0.29) is 6.04 Å². The van der Waals surface area contributed by atoms with Crippen molar-refractivity contribution in [1.29, 1.82) is 0 Å². The van der Waals surface area contributed by atoms with E-state index in [1.165, 1.54) is 11.3 Å². The van der Waals surface area contributed by atoms with Crippen molar-refractivity contribution >= 4 is 11.4 Å². The van der Waals surface area contributed by atoms with Crippen LogP contribution in [0.2, 0.25) is 0 Å². The van der Waals surface area contributed by atoms with Gasteiger partial charge in [-0.1, -0.05) is 42.5 Å². The molecule has 0 saturated heterocycles. The predicted octanol–water partition coefficient (Wildman–Crippen LogP) is 3.15. The molecule has 1 heterocycles. The lowest BCUT2D eigenvalue weighted by Gasteiger charge is -2.15. The number of nitrogens with two attached hydrogens (primary N) is 1. The molecule has 1 unspecified atom stereocenters. The summed E-state index contributed by atoms with van der Waals surface area (Å²) in [5, 5.41) is 10.4. The predicted molar refractivity (Wildman–Crippen MR) is 86.4 cm³/mol. The van der Waals surface area contributed by atoms with Crippen LogP contribution < -0.4 is 5.73 Å². The maximum absolute atomic E-state index is 10.4. The SMILES string of the molecule is Nc1ccc(CC2=NC([C@H](O)c3ccccc3)CC2)cc1. The van der Waals surface area contributed by atoms with E-state index >= 15 is 0 Å². The van der Waals surface area contributed by atoms with Crippen LogP contribution in [0, 0.1) is 0 Å². The number of aliphatic hydroxyl groups is 1. The number of aliphatic hydroxyl groups excluding tert-OH is 1. The number of nitrogen functional groups attached to an aromatic ring is 1. The monoisotopic (exact) mass is 280 g/mol. The van der Waals surface area contributed by atoms with Crippen molar-refractivity contribution < 1.29 is 5.11 Å². The Morgan fingerprint density at radius 1 is 1.10 bits per heavy atom. The molecule has 0 radical (unpaired) electrons. The van der Waals surface area contributed by atoms with Crippen LogP contribution in [0.25, 0.3) is 0 Å². The highest BCUT2D eigenvalue weighted by Crippen LogP contribution is 2.27. The van der Waals surface area contributed by atoms with Crippen molar-refractivity contribution in [2.24, 2.45) is 4.99 Å². The molecule has 1 aliphatic heterocycles. The van der Waals surface area contributed by atoms with Gasteiger partial charge >= 0.3 is 0 Å². The minimum absolute atomic E-state index is 0.0174. The van der Waals surface area contributed by atoms with E-state index in [1.54, 1.807) is 0 Å². The van der Waals surface area contributed by atoms with Gasteiger partial charge in [0, 0.05) is 17.8 Å². The number of nitrogens with zero attached hydrogens (tertiary/aromatic N) is 1. The third kappa shape index (κ3) is 3.31. The molecule has 0 spiro atoms. The molecule has 2 aromatic rings. The average molecular weight is 280 g/mol. The minimum Gasteiger partial charge on any atom is -0.399 e. The average Bonchev–Trinajstić information content (AvgIpc) is 2.98. The van der Waals surface area contributed by atoms with Gasteiger partial charge < -0.3 is 10.8 Å². The van der Waals surface area contributed by atoms with Gasteiger partial charge in [-0.2, -0.15) is 0 Å². The highest BCUT2D eigenvalue weighted by Gasteiger charge is 2.25. The van der Waals surface area contributed by atoms with Crippen molar-refractivity contribution in [3.63, 3.8) is 0 Å². The van der Waals surface area contributed by atoms with E-state index in [2.05, 4.69) is 0 Å². The van der Waals surface area contributed by atoms with Gasteiger partial charge in [0.1, 0.15) is 6.10 Å². The van der Waals surface area contributed by atoms with Gasteiger partial charge in [0.2, 0.25) is 0 Å². The van der Waals surface area contributed by atoms with Gasteiger partial charge in [-0.05, 0) is 36.1 Å². The molecule has 3 N–H and O–H groups in total. The van der Waals surface area contributed by atoms with E-state index in [1.807, 2.05) is 54.6 Å². The molecule has 21 heavy (non-hydrogen) atoms. The molecular weight excluding hydrogens is 260 g/mol. The van der Waals surface area contributed by atoms with Crippen LogP contribution in [-0.2, 0) is 6.42 Å². The van der Waals surface area contributed by atoms with Crippen molar-refractivity contribution in [2.75, 3.05) is 5.73 Å². The maximum Gasteiger partial charge on any atom is 0.101 e. The minimum atomic E-state index is -0.505. The molecule has 0 saturated carbocycles. The fourth-order valence-electron chi connectivity index (χ4n) is 2.78. The topological polar surface area (TPSA) is 58.6 Å². The van der Waals surface area contributed by atoms with Gasteiger partial charge in [-0.25, -0.2) is 0 Å². The molecule has 3 heteroatoms. The molecule has 0 aliphatic carbocycles. The summed E-state index contributed by atoms with van der Waals surface area (Å²) in [5.41, 5.74) is 9.81. The lowest BCUT2D eigenvalue weighted by molar-refractivity contribution is 0.147. The Hall–Kier alpha value is -2.13. The maximum atomic E-state index is 10.4. The number of anilines is 1. The largest absolute Gasteiger partial charge is 0.399 e. The third-order valence-corrected chi connectivity index (χ3v) is 3.97. The van der Waals surface area contributed by atoms with Gasteiger partial charge in [0.15, 0.2) is 0 Å². The van der Waals surface area contributed by atoms with Crippen molar-refractivity contribution in [1.82, 2.24) is 0 Å². The molecule has 2 aromatic carbocycles. The molecule has 3 rings (SSSR count). The third-order valence-electron chi connectivity index (χ3n) is 3.97. The zero-order valence-corrected chi connectivity index (χ0v) is 11.9. The molecule has 0 fully saturated rings. The van der Waals surface area contributed by atoms with Gasteiger partial charge in [-0.15, -0.1) is 0 Å². The molecule has 3 nitrogen and oxygen atoms in total. The zero-order chi connectivity index (χ0) is 14.7. The molecule has 1 aliphatic rings. The Labute approximate surface area is 125 Å². The molecule has 0 aromatic heterocycles. The quantitative estimate of drug-likeness (QED) is 0.845. The van der Waals surface area contributed by atoms with Crippen LogP contribution in [-0.4, -0.2) is 16.9 Å². The Morgan fingerprint density at radius 2 is 1.81 bits per heavy atom. The van der Waals surface area contributed by atoms with Crippen molar-refractivity contribution in [2.45, 2.75) is 31.4 Å². The normalized spacial score (nSPS) is 19.3. The smallest absolute Gasteiger partial charge is 0.101 e. The van der Waals surface area contributed by atoms with E-state index in [9.17, 15) is 5.11 Å². The molecule has 108 valence electrons. The number of hydrogen-bond acceptors (Lipinski definition) is 3. The molecule has 2 atom stereocenters. The van der Waals surface area contributed by atoms with E-state index in [4.69, 9.17) is 10.7 Å². The molecule has 0 amide bonds. The summed E-state index contributed by atoms with van der Waals surface area (Å²) < 4.78 is 0. The second kappa shape index (κ2) is 6.10. The molecular formula is C18H20N2O. The summed E-state index contributed by atoms with van der Waals surface area (Å²) in [6, 6.07) is 17.7. The van der Waals surface area contributed by atoms with Crippen molar-refractivity contribution in [3.05, 3.63) is 65.7 Å². The summed E-state index contributed by atoms with van der Waals surface area (Å²) in [4.78, 5) is 4.72. The van der Waals surface area contributed by atoms with Crippen LogP contribution in [0.1, 0.15) is 30.1 Å². The first-order valence-electron chi connectivity index (χ1n) is 7.35. The van der Waals surface area contributed by atoms with Gasteiger partial charge in [-0.3, -0.25) is 4.99 Å². The number of benzene rings is 2. The zero-order valence-electron chi connectivity index (χ0n) is 11.9. The summed E-state index contributed by atoms with van der Waals surface area (Å²) in [6.45, 7) is 0. The highest BCUT2D eigenvalue weighted by atomic mass is 16.3. The van der Waals surface area contributed by atoms with Crippen molar-refractivity contribution in [3.8, 4) is 0 Å². The van der Waals surface area contributed by atoms with Gasteiger partial charge in [0.05, 0.1) is 6.04 Å². The van der Waals surface area contributed by atoms with Crippen LogP contribution >= 0.6 is 0 Å². The van der Waals surface area contributed by atoms with Gasteiger partial charge in [0.25, 0.3) is 0 Å². The fraction of sp³-hybridized carbons (Fsp3) is 0.278. The van der Waals surface area contributed by atoms with Crippen LogP contribution in [0.3, 0.4) is 0 Å². The Morgan fingerprint density at radius 3 is 2.52 bits per heavy atom. The second-order valence-corrected chi connectivity index (χ2v) is 5.58. The standard InChI is InChI=1S/C18H20N2O/c19-15-8-6-13(7-9-15)12-16-10-11-17(20-16)18(21)14-4-2-1-3-5-14/h1-9,17-18,21H,10-12,19H2/t17?,18-/m1/s1. The fourth-order valence-corrected chi connectivity index (χ4v) is 2.78. The summed E-state index contributed by atoms with van der Waals surface area (Å²) >= 11 is 0. The first kappa shape index (κ1) is 13.8. The van der Waals surface area contributed by atoms with Crippen LogP contribution in [0.15, 0.2) is 59.6 Å².